The third-order valence-electron chi connectivity index (χ3n) is 4.29. The van der Waals surface area contributed by atoms with Gasteiger partial charge in [-0.3, -0.25) is 0 Å². The molecule has 2 nitrogen and oxygen atoms in total. The maximum absolute atomic E-state index is 13.3. The first-order valence-corrected chi connectivity index (χ1v) is 7.33. The molecule has 1 aliphatic carbocycles. The van der Waals surface area contributed by atoms with Gasteiger partial charge in [-0.1, -0.05) is 31.2 Å². The van der Waals surface area contributed by atoms with Crippen LogP contribution in [-0.2, 0) is 0 Å². The van der Waals surface area contributed by atoms with Crippen LogP contribution in [0.25, 0.3) is 0 Å². The largest absolute Gasteiger partial charge is 0.488 e. The fraction of sp³-hybridized carbons (Fsp3) is 0.333. The van der Waals surface area contributed by atoms with Gasteiger partial charge >= 0.3 is 0 Å². The molecular formula is C18H20FNO. The number of ether oxygens (including phenoxy) is 1. The molecule has 0 aromatic heterocycles. The lowest BCUT2D eigenvalue weighted by molar-refractivity contribution is 0.144. The van der Waals surface area contributed by atoms with Gasteiger partial charge in [-0.2, -0.15) is 0 Å². The van der Waals surface area contributed by atoms with E-state index in [1.807, 2.05) is 12.1 Å². The molecular weight excluding hydrogens is 265 g/mol. The van der Waals surface area contributed by atoms with Crippen LogP contribution < -0.4 is 10.5 Å². The lowest BCUT2D eigenvalue weighted by Crippen LogP contribution is -2.37. The van der Waals surface area contributed by atoms with Crippen molar-refractivity contribution in [1.29, 1.82) is 0 Å². The molecule has 0 spiro atoms. The predicted octanol–water partition coefficient (Wildman–Crippen LogP) is 4.09. The lowest BCUT2D eigenvalue weighted by Gasteiger charge is -2.35. The van der Waals surface area contributed by atoms with Gasteiger partial charge in [-0.15, -0.1) is 0 Å². The van der Waals surface area contributed by atoms with Gasteiger partial charge < -0.3 is 10.5 Å². The van der Waals surface area contributed by atoms with Gasteiger partial charge in [0, 0.05) is 0 Å². The number of hydrogen-bond acceptors (Lipinski definition) is 2. The van der Waals surface area contributed by atoms with E-state index >= 15 is 0 Å². The molecule has 2 aromatic carbocycles. The number of fused-ring (bicyclic) bond motifs is 1. The Bertz CT molecular complexity index is 655. The molecule has 0 fully saturated rings. The van der Waals surface area contributed by atoms with Crippen LogP contribution in [0.2, 0.25) is 0 Å². The van der Waals surface area contributed by atoms with E-state index in [0.29, 0.717) is 17.2 Å². The summed E-state index contributed by atoms with van der Waals surface area (Å²) in [5, 5.41) is 0. The highest BCUT2D eigenvalue weighted by molar-refractivity contribution is 5.37. The molecule has 0 bridgehead atoms. The smallest absolute Gasteiger partial charge is 0.126 e. The molecule has 2 N–H and O–H groups in total. The summed E-state index contributed by atoms with van der Waals surface area (Å²) < 4.78 is 19.4. The highest BCUT2D eigenvalue weighted by Gasteiger charge is 2.32. The summed E-state index contributed by atoms with van der Waals surface area (Å²) in [6, 6.07) is 13.0. The number of halogens is 1. The number of hydrogen-bond donors (Lipinski definition) is 1. The van der Waals surface area contributed by atoms with Gasteiger partial charge in [0.05, 0.1) is 6.04 Å². The Morgan fingerprint density at radius 3 is 2.57 bits per heavy atom. The molecule has 0 radical (unpaired) electrons. The third-order valence-corrected chi connectivity index (χ3v) is 4.29. The highest BCUT2D eigenvalue weighted by atomic mass is 19.1. The monoisotopic (exact) mass is 285 g/mol. The summed E-state index contributed by atoms with van der Waals surface area (Å²) in [4.78, 5) is 0. The zero-order chi connectivity index (χ0) is 15.0. The lowest BCUT2D eigenvalue weighted by atomic mass is 9.79. The van der Waals surface area contributed by atoms with Crippen LogP contribution in [0.1, 0.15) is 42.0 Å². The van der Waals surface area contributed by atoms with E-state index in [-0.39, 0.29) is 18.0 Å². The van der Waals surface area contributed by atoms with Gasteiger partial charge in [-0.25, -0.2) is 4.39 Å². The van der Waals surface area contributed by atoms with Crippen molar-refractivity contribution in [2.24, 2.45) is 5.73 Å². The highest BCUT2D eigenvalue weighted by Crippen LogP contribution is 2.38. The van der Waals surface area contributed by atoms with E-state index < -0.39 is 0 Å². The van der Waals surface area contributed by atoms with Gasteiger partial charge in [-0.05, 0) is 54.2 Å². The zero-order valence-corrected chi connectivity index (χ0v) is 12.3. The van der Waals surface area contributed by atoms with Crippen LogP contribution in [0.15, 0.2) is 42.5 Å². The Kier molecular flexibility index (Phi) is 3.68. The second-order valence-corrected chi connectivity index (χ2v) is 5.86. The third kappa shape index (κ3) is 2.66. The van der Waals surface area contributed by atoms with Crippen LogP contribution in [0.4, 0.5) is 4.39 Å². The quantitative estimate of drug-likeness (QED) is 0.902. The Balaban J connectivity index is 1.85. The van der Waals surface area contributed by atoms with Crippen molar-refractivity contribution < 1.29 is 9.13 Å². The standard InChI is InChI=1S/C18H20FNO/c1-11-10-17(18(20)15-6-4-3-5-14(11)15)21-13-7-8-16(19)12(2)9-13/h3-9,11,17-18H,10,20H2,1-2H3. The van der Waals surface area contributed by atoms with Crippen molar-refractivity contribution in [3.05, 3.63) is 65.0 Å². The summed E-state index contributed by atoms with van der Waals surface area (Å²) in [6.45, 7) is 3.93. The summed E-state index contributed by atoms with van der Waals surface area (Å²) in [6.07, 6.45) is 0.786. The van der Waals surface area contributed by atoms with Crippen molar-refractivity contribution in [3.63, 3.8) is 0 Å². The van der Waals surface area contributed by atoms with Crippen molar-refractivity contribution >= 4 is 0 Å². The number of benzene rings is 2. The number of aryl methyl sites for hydroxylation is 1. The Labute approximate surface area is 124 Å². The SMILES string of the molecule is Cc1cc(OC2CC(C)c3ccccc3C2N)ccc1F. The maximum atomic E-state index is 13.3. The molecule has 3 unspecified atom stereocenters. The van der Waals surface area contributed by atoms with E-state index in [9.17, 15) is 4.39 Å². The van der Waals surface area contributed by atoms with E-state index in [0.717, 1.165) is 12.0 Å². The minimum atomic E-state index is -0.214. The first-order chi connectivity index (χ1) is 10.1. The normalized spacial score (nSPS) is 24.5. The summed E-state index contributed by atoms with van der Waals surface area (Å²) in [7, 11) is 0. The predicted molar refractivity (Wildman–Crippen MR) is 82.0 cm³/mol. The average Bonchev–Trinajstić information content (AvgIpc) is 2.48. The van der Waals surface area contributed by atoms with Crippen LogP contribution in [0, 0.1) is 12.7 Å². The molecule has 2 aromatic rings. The molecule has 3 rings (SSSR count). The van der Waals surface area contributed by atoms with Crippen molar-refractivity contribution in [2.75, 3.05) is 0 Å². The molecule has 1 aliphatic rings. The summed E-state index contributed by atoms with van der Waals surface area (Å²) in [5.41, 5.74) is 9.42. The molecule has 3 heteroatoms. The van der Waals surface area contributed by atoms with Gasteiger partial charge in [0.1, 0.15) is 17.7 Å². The molecule has 0 heterocycles. The van der Waals surface area contributed by atoms with Crippen LogP contribution in [-0.4, -0.2) is 6.10 Å². The molecule has 0 aliphatic heterocycles. The summed E-state index contributed by atoms with van der Waals surface area (Å²) in [5.74, 6) is 0.877. The van der Waals surface area contributed by atoms with Crippen molar-refractivity contribution in [3.8, 4) is 5.75 Å². The van der Waals surface area contributed by atoms with E-state index in [4.69, 9.17) is 10.5 Å². The van der Waals surface area contributed by atoms with Crippen molar-refractivity contribution in [2.45, 2.75) is 38.3 Å². The number of nitrogens with two attached hydrogens (primary N) is 1. The van der Waals surface area contributed by atoms with Crippen molar-refractivity contribution in [1.82, 2.24) is 0 Å². The van der Waals surface area contributed by atoms with Gasteiger partial charge in [0.15, 0.2) is 0 Å². The van der Waals surface area contributed by atoms with E-state index in [1.54, 1.807) is 19.1 Å². The number of rotatable bonds is 2. The molecule has 21 heavy (non-hydrogen) atoms. The second kappa shape index (κ2) is 5.49. The van der Waals surface area contributed by atoms with Crippen LogP contribution >= 0.6 is 0 Å². The first kappa shape index (κ1) is 14.1. The minimum Gasteiger partial charge on any atom is -0.488 e. The maximum Gasteiger partial charge on any atom is 0.126 e. The van der Waals surface area contributed by atoms with Crippen LogP contribution in [0.3, 0.4) is 0 Å². The molecule has 3 atom stereocenters. The second-order valence-electron chi connectivity index (χ2n) is 5.86. The molecule has 110 valence electrons. The Hall–Kier alpha value is -1.87. The van der Waals surface area contributed by atoms with E-state index in [2.05, 4.69) is 19.1 Å². The Morgan fingerprint density at radius 1 is 1.14 bits per heavy atom. The average molecular weight is 285 g/mol. The van der Waals surface area contributed by atoms with Crippen LogP contribution in [0.5, 0.6) is 5.75 Å². The zero-order valence-electron chi connectivity index (χ0n) is 12.3. The Morgan fingerprint density at radius 2 is 1.86 bits per heavy atom. The minimum absolute atomic E-state index is 0.0836. The summed E-state index contributed by atoms with van der Waals surface area (Å²) >= 11 is 0. The fourth-order valence-corrected chi connectivity index (χ4v) is 3.07. The topological polar surface area (TPSA) is 35.2 Å². The van der Waals surface area contributed by atoms with Gasteiger partial charge in [0.2, 0.25) is 0 Å². The molecule has 0 saturated carbocycles. The van der Waals surface area contributed by atoms with E-state index in [1.165, 1.54) is 11.6 Å². The fourth-order valence-electron chi connectivity index (χ4n) is 3.07. The molecule has 0 amide bonds. The molecule has 0 saturated heterocycles. The first-order valence-electron chi connectivity index (χ1n) is 7.33. The van der Waals surface area contributed by atoms with Gasteiger partial charge in [0.25, 0.3) is 0 Å².